The van der Waals surface area contributed by atoms with E-state index in [9.17, 15) is 0 Å². The second-order valence-electron chi connectivity index (χ2n) is 4.29. The van der Waals surface area contributed by atoms with Crippen molar-refractivity contribution in [2.75, 3.05) is 26.4 Å². The van der Waals surface area contributed by atoms with Gasteiger partial charge in [0.05, 0.1) is 6.61 Å². The molecule has 0 aliphatic rings. The van der Waals surface area contributed by atoms with Gasteiger partial charge >= 0.3 is 0 Å². The molecule has 0 atom stereocenters. The Bertz CT molecular complexity index is 339. The first kappa shape index (κ1) is 15.0. The average Bonchev–Trinajstić information content (AvgIpc) is 2.38. The predicted octanol–water partition coefficient (Wildman–Crippen LogP) is 2.91. The van der Waals surface area contributed by atoms with Gasteiger partial charge in [0.2, 0.25) is 0 Å². The molecular formula is C15H25NO2. The molecule has 0 fully saturated rings. The maximum absolute atomic E-state index is 5.82. The van der Waals surface area contributed by atoms with Gasteiger partial charge in [0.25, 0.3) is 0 Å². The van der Waals surface area contributed by atoms with Gasteiger partial charge in [-0.1, -0.05) is 24.6 Å². The average molecular weight is 251 g/mol. The van der Waals surface area contributed by atoms with Crippen LogP contribution < -0.4 is 10.1 Å². The van der Waals surface area contributed by atoms with Crippen molar-refractivity contribution in [2.45, 2.75) is 33.7 Å². The van der Waals surface area contributed by atoms with Gasteiger partial charge in [-0.05, 0) is 26.5 Å². The molecule has 1 aromatic rings. The summed E-state index contributed by atoms with van der Waals surface area (Å²) in [6, 6.07) is 6.33. The molecule has 0 amide bonds. The highest BCUT2D eigenvalue weighted by Gasteiger charge is 2.03. The van der Waals surface area contributed by atoms with Crippen LogP contribution in [0, 0.1) is 6.92 Å². The van der Waals surface area contributed by atoms with Crippen LogP contribution in [0.25, 0.3) is 0 Å². The zero-order valence-corrected chi connectivity index (χ0v) is 11.8. The molecule has 0 aliphatic heterocycles. The van der Waals surface area contributed by atoms with E-state index in [-0.39, 0.29) is 0 Å². The summed E-state index contributed by atoms with van der Waals surface area (Å²) in [6.07, 6.45) is 0.933. The maximum Gasteiger partial charge on any atom is 0.123 e. The smallest absolute Gasteiger partial charge is 0.123 e. The largest absolute Gasteiger partial charge is 0.493 e. The van der Waals surface area contributed by atoms with Gasteiger partial charge in [0.15, 0.2) is 0 Å². The lowest BCUT2D eigenvalue weighted by Crippen LogP contribution is -2.13. The molecule has 0 spiro atoms. The first-order chi connectivity index (χ1) is 8.77. The molecule has 102 valence electrons. The van der Waals surface area contributed by atoms with Gasteiger partial charge in [-0.3, -0.25) is 0 Å². The topological polar surface area (TPSA) is 30.5 Å². The minimum Gasteiger partial charge on any atom is -0.493 e. The highest BCUT2D eigenvalue weighted by atomic mass is 16.5. The third-order valence-corrected chi connectivity index (χ3v) is 2.68. The Morgan fingerprint density at radius 3 is 2.72 bits per heavy atom. The fourth-order valence-electron chi connectivity index (χ4n) is 1.73. The number of rotatable bonds is 9. The van der Waals surface area contributed by atoms with Crippen molar-refractivity contribution in [3.05, 3.63) is 29.3 Å². The molecule has 0 aromatic heterocycles. The molecular weight excluding hydrogens is 226 g/mol. The zero-order valence-electron chi connectivity index (χ0n) is 11.8. The maximum atomic E-state index is 5.82. The molecule has 0 unspecified atom stereocenters. The van der Waals surface area contributed by atoms with Crippen molar-refractivity contribution in [2.24, 2.45) is 0 Å². The molecule has 0 heterocycles. The molecule has 0 saturated carbocycles. The summed E-state index contributed by atoms with van der Waals surface area (Å²) in [4.78, 5) is 0. The van der Waals surface area contributed by atoms with Crippen LogP contribution in [0.4, 0.5) is 0 Å². The Kier molecular flexibility index (Phi) is 7.46. The number of ether oxygens (including phenoxy) is 2. The third kappa shape index (κ3) is 5.52. The van der Waals surface area contributed by atoms with Crippen molar-refractivity contribution >= 4 is 0 Å². The fourth-order valence-corrected chi connectivity index (χ4v) is 1.73. The summed E-state index contributed by atoms with van der Waals surface area (Å²) in [7, 11) is 0. The normalized spacial score (nSPS) is 10.6. The SMILES string of the molecule is CCNCc1cc(C)ccc1OCCCOCC. The highest BCUT2D eigenvalue weighted by Crippen LogP contribution is 2.20. The zero-order chi connectivity index (χ0) is 13.2. The third-order valence-electron chi connectivity index (χ3n) is 2.68. The standard InChI is InChI=1S/C15H25NO2/c1-4-16-12-14-11-13(3)7-8-15(14)18-10-6-9-17-5-2/h7-8,11,16H,4-6,9-10,12H2,1-3H3. The monoisotopic (exact) mass is 251 g/mol. The van der Waals surface area contributed by atoms with Gasteiger partial charge in [0, 0.05) is 31.7 Å². The first-order valence-electron chi connectivity index (χ1n) is 6.78. The number of hydrogen-bond donors (Lipinski definition) is 1. The number of nitrogens with one attached hydrogen (secondary N) is 1. The molecule has 0 aliphatic carbocycles. The van der Waals surface area contributed by atoms with Gasteiger partial charge in [-0.15, -0.1) is 0 Å². The molecule has 1 aromatic carbocycles. The molecule has 0 bridgehead atoms. The van der Waals surface area contributed by atoms with E-state index in [1.165, 1.54) is 11.1 Å². The van der Waals surface area contributed by atoms with Crippen LogP contribution in [0.1, 0.15) is 31.4 Å². The van der Waals surface area contributed by atoms with E-state index in [1.54, 1.807) is 0 Å². The summed E-state index contributed by atoms with van der Waals surface area (Å²) in [5.74, 6) is 0.984. The van der Waals surface area contributed by atoms with Crippen LogP contribution in [0.15, 0.2) is 18.2 Å². The van der Waals surface area contributed by atoms with Crippen molar-refractivity contribution in [3.8, 4) is 5.75 Å². The van der Waals surface area contributed by atoms with E-state index in [4.69, 9.17) is 9.47 Å². The second kappa shape index (κ2) is 8.95. The second-order valence-corrected chi connectivity index (χ2v) is 4.29. The van der Waals surface area contributed by atoms with E-state index in [0.29, 0.717) is 6.61 Å². The van der Waals surface area contributed by atoms with E-state index < -0.39 is 0 Å². The van der Waals surface area contributed by atoms with E-state index in [2.05, 4.69) is 37.4 Å². The van der Waals surface area contributed by atoms with E-state index >= 15 is 0 Å². The Hall–Kier alpha value is -1.06. The quantitative estimate of drug-likeness (QED) is 0.685. The molecule has 1 rings (SSSR count). The molecule has 0 radical (unpaired) electrons. The van der Waals surface area contributed by atoms with E-state index in [0.717, 1.165) is 38.5 Å². The highest BCUT2D eigenvalue weighted by molar-refractivity contribution is 5.36. The van der Waals surface area contributed by atoms with Crippen molar-refractivity contribution < 1.29 is 9.47 Å². The van der Waals surface area contributed by atoms with Gasteiger partial charge < -0.3 is 14.8 Å². The van der Waals surface area contributed by atoms with Crippen LogP contribution in [-0.2, 0) is 11.3 Å². The van der Waals surface area contributed by atoms with Crippen LogP contribution in [0.3, 0.4) is 0 Å². The lowest BCUT2D eigenvalue weighted by atomic mass is 10.1. The fraction of sp³-hybridized carbons (Fsp3) is 0.600. The predicted molar refractivity (Wildman–Crippen MR) is 75.2 cm³/mol. The minimum absolute atomic E-state index is 0.711. The number of benzene rings is 1. The summed E-state index contributed by atoms with van der Waals surface area (Å²) in [6.45, 7) is 10.3. The Labute approximate surface area is 110 Å². The van der Waals surface area contributed by atoms with Crippen molar-refractivity contribution in [1.82, 2.24) is 5.32 Å². The summed E-state index contributed by atoms with van der Waals surface area (Å²) in [5, 5.41) is 3.34. The molecule has 0 saturated heterocycles. The van der Waals surface area contributed by atoms with Crippen LogP contribution in [-0.4, -0.2) is 26.4 Å². The van der Waals surface area contributed by atoms with Crippen LogP contribution >= 0.6 is 0 Å². The van der Waals surface area contributed by atoms with Gasteiger partial charge in [-0.25, -0.2) is 0 Å². The molecule has 18 heavy (non-hydrogen) atoms. The summed E-state index contributed by atoms with van der Waals surface area (Å²) < 4.78 is 11.1. The van der Waals surface area contributed by atoms with Gasteiger partial charge in [0.1, 0.15) is 5.75 Å². The lowest BCUT2D eigenvalue weighted by Gasteiger charge is -2.12. The van der Waals surface area contributed by atoms with Gasteiger partial charge in [-0.2, -0.15) is 0 Å². The number of hydrogen-bond acceptors (Lipinski definition) is 3. The van der Waals surface area contributed by atoms with Crippen molar-refractivity contribution in [3.63, 3.8) is 0 Å². The Morgan fingerprint density at radius 1 is 1.17 bits per heavy atom. The molecule has 3 nitrogen and oxygen atoms in total. The first-order valence-corrected chi connectivity index (χ1v) is 6.78. The van der Waals surface area contributed by atoms with E-state index in [1.807, 2.05) is 6.92 Å². The number of aryl methyl sites for hydroxylation is 1. The van der Waals surface area contributed by atoms with Crippen LogP contribution in [0.5, 0.6) is 5.75 Å². The summed E-state index contributed by atoms with van der Waals surface area (Å²) in [5.41, 5.74) is 2.50. The molecule has 1 N–H and O–H groups in total. The molecule has 3 heteroatoms. The minimum atomic E-state index is 0.711. The van der Waals surface area contributed by atoms with Crippen molar-refractivity contribution in [1.29, 1.82) is 0 Å². The Morgan fingerprint density at radius 2 is 2.00 bits per heavy atom. The summed E-state index contributed by atoms with van der Waals surface area (Å²) >= 11 is 0. The Balaban J connectivity index is 2.47. The lowest BCUT2D eigenvalue weighted by molar-refractivity contribution is 0.130. The van der Waals surface area contributed by atoms with Crippen LogP contribution in [0.2, 0.25) is 0 Å².